The summed E-state index contributed by atoms with van der Waals surface area (Å²) in [5.41, 5.74) is 1.82. The number of hydrogen-bond acceptors (Lipinski definition) is 5. The molecular formula is C18H28N4O2S. The van der Waals surface area contributed by atoms with Gasteiger partial charge in [-0.15, -0.1) is 11.3 Å². The topological polar surface area (TPSA) is 56.8 Å². The molecule has 0 aromatic carbocycles. The largest absolute Gasteiger partial charge is 0.343 e. The lowest BCUT2D eigenvalue weighted by molar-refractivity contribution is -0.137. The molecule has 3 rings (SSSR count). The van der Waals surface area contributed by atoms with Gasteiger partial charge in [-0.1, -0.05) is 6.92 Å². The van der Waals surface area contributed by atoms with Crippen molar-refractivity contribution in [3.63, 3.8) is 0 Å². The van der Waals surface area contributed by atoms with Crippen molar-refractivity contribution in [2.45, 2.75) is 45.7 Å². The Hall–Kier alpha value is -1.47. The standard InChI is InChI=1S/C18H28N4O2S/c1-14-3-6-20(10-14)12-18(24)22(11-17-9-19-13-25-17)16-4-7-21(8-5-16)15(2)23/h9,13-14,16H,3-8,10-12H2,1-2H3. The molecule has 2 aliphatic heterocycles. The minimum Gasteiger partial charge on any atom is -0.343 e. The van der Waals surface area contributed by atoms with Gasteiger partial charge in [-0.3, -0.25) is 19.5 Å². The van der Waals surface area contributed by atoms with Crippen molar-refractivity contribution in [2.24, 2.45) is 5.92 Å². The third-order valence-electron chi connectivity index (χ3n) is 5.35. The van der Waals surface area contributed by atoms with Gasteiger partial charge >= 0.3 is 0 Å². The zero-order valence-electron chi connectivity index (χ0n) is 15.2. The van der Waals surface area contributed by atoms with Crippen LogP contribution in [0.3, 0.4) is 0 Å². The Morgan fingerprint density at radius 3 is 2.60 bits per heavy atom. The molecule has 7 heteroatoms. The molecular weight excluding hydrogens is 336 g/mol. The highest BCUT2D eigenvalue weighted by Crippen LogP contribution is 2.22. The molecule has 2 amide bonds. The molecule has 6 nitrogen and oxygen atoms in total. The number of amides is 2. The van der Waals surface area contributed by atoms with Gasteiger partial charge in [-0.2, -0.15) is 0 Å². The van der Waals surface area contributed by atoms with Crippen LogP contribution in [-0.4, -0.2) is 70.3 Å². The van der Waals surface area contributed by atoms with Crippen LogP contribution >= 0.6 is 11.3 Å². The van der Waals surface area contributed by atoms with E-state index in [1.807, 2.05) is 21.5 Å². The van der Waals surface area contributed by atoms with Crippen LogP contribution in [0.4, 0.5) is 0 Å². The quantitative estimate of drug-likeness (QED) is 0.800. The van der Waals surface area contributed by atoms with E-state index in [4.69, 9.17) is 0 Å². The van der Waals surface area contributed by atoms with Crippen molar-refractivity contribution in [3.8, 4) is 0 Å². The first-order valence-electron chi connectivity index (χ1n) is 9.17. The van der Waals surface area contributed by atoms with E-state index in [2.05, 4.69) is 16.8 Å². The number of aromatic nitrogens is 1. The lowest BCUT2D eigenvalue weighted by Gasteiger charge is -2.38. The van der Waals surface area contributed by atoms with E-state index in [9.17, 15) is 9.59 Å². The molecule has 2 fully saturated rings. The highest BCUT2D eigenvalue weighted by molar-refractivity contribution is 7.09. The molecule has 0 saturated carbocycles. The average molecular weight is 365 g/mol. The molecule has 0 spiro atoms. The van der Waals surface area contributed by atoms with Crippen LogP contribution in [0.2, 0.25) is 0 Å². The molecule has 1 aromatic heterocycles. The normalized spacial score (nSPS) is 22.3. The summed E-state index contributed by atoms with van der Waals surface area (Å²) in [4.78, 5) is 36.1. The van der Waals surface area contributed by atoms with Crippen molar-refractivity contribution in [2.75, 3.05) is 32.7 Å². The fraction of sp³-hybridized carbons (Fsp3) is 0.722. The molecule has 3 heterocycles. The molecule has 25 heavy (non-hydrogen) atoms. The SMILES string of the molecule is CC(=O)N1CCC(N(Cc2cncs2)C(=O)CN2CCC(C)C2)CC1. The zero-order chi connectivity index (χ0) is 17.8. The van der Waals surface area contributed by atoms with E-state index in [1.165, 1.54) is 6.42 Å². The van der Waals surface area contributed by atoms with Crippen LogP contribution in [0.25, 0.3) is 0 Å². The van der Waals surface area contributed by atoms with Crippen LogP contribution < -0.4 is 0 Å². The molecule has 0 N–H and O–H groups in total. The van der Waals surface area contributed by atoms with Gasteiger partial charge in [0.1, 0.15) is 0 Å². The lowest BCUT2D eigenvalue weighted by Crippen LogP contribution is -2.50. The van der Waals surface area contributed by atoms with Gasteiger partial charge in [0.2, 0.25) is 11.8 Å². The Bertz CT molecular complexity index is 584. The molecule has 1 aromatic rings. The summed E-state index contributed by atoms with van der Waals surface area (Å²) in [6, 6.07) is 0.213. The second-order valence-electron chi connectivity index (χ2n) is 7.36. The van der Waals surface area contributed by atoms with E-state index in [-0.39, 0.29) is 17.9 Å². The van der Waals surface area contributed by atoms with Crippen molar-refractivity contribution < 1.29 is 9.59 Å². The lowest BCUT2D eigenvalue weighted by atomic mass is 10.0. The Labute approximate surface area is 153 Å². The maximum absolute atomic E-state index is 13.0. The predicted octanol–water partition coefficient (Wildman–Crippen LogP) is 1.82. The van der Waals surface area contributed by atoms with Gasteiger partial charge in [0.15, 0.2) is 0 Å². The van der Waals surface area contributed by atoms with Crippen LogP contribution in [0.15, 0.2) is 11.7 Å². The van der Waals surface area contributed by atoms with E-state index in [0.717, 1.165) is 43.9 Å². The van der Waals surface area contributed by atoms with Crippen molar-refractivity contribution in [1.29, 1.82) is 0 Å². The van der Waals surface area contributed by atoms with Crippen molar-refractivity contribution in [3.05, 3.63) is 16.6 Å². The number of rotatable bonds is 5. The molecule has 138 valence electrons. The second-order valence-corrected chi connectivity index (χ2v) is 8.33. The Morgan fingerprint density at radius 2 is 2.04 bits per heavy atom. The van der Waals surface area contributed by atoms with E-state index < -0.39 is 0 Å². The van der Waals surface area contributed by atoms with Gasteiger partial charge < -0.3 is 9.80 Å². The number of piperidine rings is 1. The predicted molar refractivity (Wildman–Crippen MR) is 98.2 cm³/mol. The van der Waals surface area contributed by atoms with Gasteiger partial charge in [0, 0.05) is 43.7 Å². The molecule has 2 saturated heterocycles. The van der Waals surface area contributed by atoms with E-state index >= 15 is 0 Å². The molecule has 2 aliphatic rings. The van der Waals surface area contributed by atoms with Gasteiger partial charge in [-0.05, 0) is 31.7 Å². The van der Waals surface area contributed by atoms with Crippen LogP contribution in [0, 0.1) is 5.92 Å². The first kappa shape index (κ1) is 18.3. The average Bonchev–Trinajstić information content (AvgIpc) is 3.24. The monoisotopic (exact) mass is 364 g/mol. The number of carbonyl (C=O) groups excluding carboxylic acids is 2. The van der Waals surface area contributed by atoms with Gasteiger partial charge in [-0.25, -0.2) is 0 Å². The Kier molecular flexibility index (Phi) is 6.06. The summed E-state index contributed by atoms with van der Waals surface area (Å²) in [5, 5.41) is 0. The van der Waals surface area contributed by atoms with Gasteiger partial charge in [0.25, 0.3) is 0 Å². The number of nitrogens with zero attached hydrogens (tertiary/aromatic N) is 4. The van der Waals surface area contributed by atoms with E-state index in [0.29, 0.717) is 19.0 Å². The Balaban J connectivity index is 1.64. The first-order chi connectivity index (χ1) is 12.0. The molecule has 0 aliphatic carbocycles. The first-order valence-corrected chi connectivity index (χ1v) is 10.1. The van der Waals surface area contributed by atoms with Crippen LogP contribution in [0.5, 0.6) is 0 Å². The summed E-state index contributed by atoms with van der Waals surface area (Å²) in [6.45, 7) is 8.54. The summed E-state index contributed by atoms with van der Waals surface area (Å²) in [7, 11) is 0. The summed E-state index contributed by atoms with van der Waals surface area (Å²) in [5.74, 6) is 1.02. The molecule has 0 bridgehead atoms. The number of hydrogen-bond donors (Lipinski definition) is 0. The highest BCUT2D eigenvalue weighted by atomic mass is 32.1. The smallest absolute Gasteiger partial charge is 0.237 e. The Morgan fingerprint density at radius 1 is 1.28 bits per heavy atom. The minimum atomic E-state index is 0.129. The fourth-order valence-electron chi connectivity index (χ4n) is 3.85. The van der Waals surface area contributed by atoms with Crippen molar-refractivity contribution >= 4 is 23.2 Å². The summed E-state index contributed by atoms with van der Waals surface area (Å²) in [6.07, 6.45) is 4.76. The van der Waals surface area contributed by atoms with Crippen LogP contribution in [-0.2, 0) is 16.1 Å². The minimum absolute atomic E-state index is 0.129. The second kappa shape index (κ2) is 8.27. The van der Waals surface area contributed by atoms with E-state index in [1.54, 1.807) is 18.3 Å². The maximum Gasteiger partial charge on any atom is 0.237 e. The maximum atomic E-state index is 13.0. The summed E-state index contributed by atoms with van der Waals surface area (Å²) < 4.78 is 0. The molecule has 1 unspecified atom stereocenters. The van der Waals surface area contributed by atoms with Gasteiger partial charge in [0.05, 0.1) is 18.6 Å². The fourth-order valence-corrected chi connectivity index (χ4v) is 4.45. The third kappa shape index (κ3) is 4.79. The highest BCUT2D eigenvalue weighted by Gasteiger charge is 2.31. The van der Waals surface area contributed by atoms with Crippen molar-refractivity contribution in [1.82, 2.24) is 19.7 Å². The van der Waals surface area contributed by atoms with Crippen LogP contribution in [0.1, 0.15) is 38.0 Å². The number of likely N-dealkylation sites (tertiary alicyclic amines) is 2. The molecule has 1 atom stereocenters. The zero-order valence-corrected chi connectivity index (χ0v) is 16.0. The molecule has 0 radical (unpaired) electrons. The summed E-state index contributed by atoms with van der Waals surface area (Å²) >= 11 is 1.60. The number of thiazole rings is 1. The number of carbonyl (C=O) groups is 2. The third-order valence-corrected chi connectivity index (χ3v) is 6.11.